The van der Waals surface area contributed by atoms with Crippen LogP contribution < -0.4 is 9.47 Å². The highest BCUT2D eigenvalue weighted by atomic mass is 127. The number of methoxy groups -OCH3 is 1. The lowest BCUT2D eigenvalue weighted by Gasteiger charge is -2.08. The SMILES string of the molecule is COc1cncc(OC2CC2)c1I. The van der Waals surface area contributed by atoms with Crippen molar-refractivity contribution < 1.29 is 9.47 Å². The first-order valence-electron chi connectivity index (χ1n) is 4.15. The number of rotatable bonds is 3. The molecule has 1 fully saturated rings. The lowest BCUT2D eigenvalue weighted by Crippen LogP contribution is -1.99. The molecule has 1 aromatic heterocycles. The molecular weight excluding hydrogens is 281 g/mol. The van der Waals surface area contributed by atoms with E-state index < -0.39 is 0 Å². The number of halogens is 1. The molecule has 3 nitrogen and oxygen atoms in total. The molecule has 0 spiro atoms. The van der Waals surface area contributed by atoms with Crippen molar-refractivity contribution in [3.8, 4) is 11.5 Å². The van der Waals surface area contributed by atoms with E-state index in [4.69, 9.17) is 9.47 Å². The Bertz CT molecular complexity index is 312. The minimum absolute atomic E-state index is 0.405. The minimum Gasteiger partial charge on any atom is -0.494 e. The summed E-state index contributed by atoms with van der Waals surface area (Å²) >= 11 is 2.21. The summed E-state index contributed by atoms with van der Waals surface area (Å²) in [5, 5.41) is 0. The topological polar surface area (TPSA) is 31.4 Å². The van der Waals surface area contributed by atoms with Crippen LogP contribution in [0.3, 0.4) is 0 Å². The summed E-state index contributed by atoms with van der Waals surface area (Å²) in [7, 11) is 1.64. The molecule has 0 saturated heterocycles. The zero-order chi connectivity index (χ0) is 9.26. The van der Waals surface area contributed by atoms with Gasteiger partial charge in [-0.2, -0.15) is 0 Å². The van der Waals surface area contributed by atoms with Crippen LogP contribution in [0.15, 0.2) is 12.4 Å². The normalized spacial score (nSPS) is 15.5. The van der Waals surface area contributed by atoms with Crippen LogP contribution >= 0.6 is 22.6 Å². The van der Waals surface area contributed by atoms with E-state index in [1.807, 2.05) is 0 Å². The van der Waals surface area contributed by atoms with Crippen molar-refractivity contribution in [2.45, 2.75) is 18.9 Å². The smallest absolute Gasteiger partial charge is 0.155 e. The fourth-order valence-electron chi connectivity index (χ4n) is 0.997. The zero-order valence-electron chi connectivity index (χ0n) is 7.29. The van der Waals surface area contributed by atoms with Crippen LogP contribution in [-0.4, -0.2) is 18.2 Å². The summed E-state index contributed by atoms with van der Waals surface area (Å²) in [4.78, 5) is 4.04. The highest BCUT2D eigenvalue weighted by Crippen LogP contribution is 2.33. The summed E-state index contributed by atoms with van der Waals surface area (Å²) in [6.07, 6.45) is 6.16. The van der Waals surface area contributed by atoms with E-state index in [-0.39, 0.29) is 0 Å². The van der Waals surface area contributed by atoms with Crippen molar-refractivity contribution in [1.29, 1.82) is 0 Å². The number of ether oxygens (including phenoxy) is 2. The summed E-state index contributed by atoms with van der Waals surface area (Å²) in [5.41, 5.74) is 0. The number of aromatic nitrogens is 1. The molecular formula is C9H10INO2. The Morgan fingerprint density at radius 1 is 1.38 bits per heavy atom. The van der Waals surface area contributed by atoms with Crippen molar-refractivity contribution in [3.63, 3.8) is 0 Å². The lowest BCUT2D eigenvalue weighted by atomic mass is 10.4. The fourth-order valence-corrected chi connectivity index (χ4v) is 1.62. The van der Waals surface area contributed by atoms with Gasteiger partial charge in [-0.05, 0) is 35.4 Å². The molecule has 1 heterocycles. The Morgan fingerprint density at radius 3 is 2.69 bits per heavy atom. The van der Waals surface area contributed by atoms with E-state index in [0.717, 1.165) is 27.9 Å². The van der Waals surface area contributed by atoms with Gasteiger partial charge in [0.15, 0.2) is 11.5 Å². The van der Waals surface area contributed by atoms with Gasteiger partial charge in [-0.1, -0.05) is 0 Å². The molecule has 1 saturated carbocycles. The van der Waals surface area contributed by atoms with Crippen LogP contribution in [0.4, 0.5) is 0 Å². The number of hydrogen-bond donors (Lipinski definition) is 0. The molecule has 2 rings (SSSR count). The maximum atomic E-state index is 5.65. The Labute approximate surface area is 90.6 Å². The maximum absolute atomic E-state index is 5.65. The van der Waals surface area contributed by atoms with Gasteiger partial charge in [-0.3, -0.25) is 4.98 Å². The standard InChI is InChI=1S/C9H10INO2/c1-12-7-4-11-5-8(9(7)10)13-6-2-3-6/h4-6H,2-3H2,1H3. The van der Waals surface area contributed by atoms with Gasteiger partial charge in [0.25, 0.3) is 0 Å². The van der Waals surface area contributed by atoms with Crippen LogP contribution in [0.5, 0.6) is 11.5 Å². The monoisotopic (exact) mass is 291 g/mol. The third kappa shape index (κ3) is 2.04. The number of pyridine rings is 1. The quantitative estimate of drug-likeness (QED) is 0.800. The molecule has 0 atom stereocenters. The highest BCUT2D eigenvalue weighted by Gasteiger charge is 2.25. The second kappa shape index (κ2) is 3.69. The molecule has 0 aromatic carbocycles. The molecule has 0 amide bonds. The maximum Gasteiger partial charge on any atom is 0.155 e. The molecule has 70 valence electrons. The Morgan fingerprint density at radius 2 is 2.08 bits per heavy atom. The Kier molecular flexibility index (Phi) is 2.57. The molecule has 0 bridgehead atoms. The van der Waals surface area contributed by atoms with Crippen LogP contribution in [0, 0.1) is 3.57 Å². The van der Waals surface area contributed by atoms with E-state index in [2.05, 4.69) is 27.6 Å². The predicted octanol–water partition coefficient (Wildman–Crippen LogP) is 2.24. The summed E-state index contributed by atoms with van der Waals surface area (Å²) in [6, 6.07) is 0. The van der Waals surface area contributed by atoms with Crippen LogP contribution in [0.2, 0.25) is 0 Å². The Balaban J connectivity index is 2.22. The van der Waals surface area contributed by atoms with Gasteiger partial charge in [0.2, 0.25) is 0 Å². The molecule has 0 aliphatic heterocycles. The summed E-state index contributed by atoms with van der Waals surface area (Å²) in [5.74, 6) is 1.61. The molecule has 1 aliphatic rings. The van der Waals surface area contributed by atoms with Crippen molar-refractivity contribution >= 4 is 22.6 Å². The summed E-state index contributed by atoms with van der Waals surface area (Å²) < 4.78 is 11.8. The number of nitrogens with zero attached hydrogens (tertiary/aromatic N) is 1. The van der Waals surface area contributed by atoms with Crippen molar-refractivity contribution in [1.82, 2.24) is 4.98 Å². The van der Waals surface area contributed by atoms with Gasteiger partial charge in [0, 0.05) is 0 Å². The predicted molar refractivity (Wildman–Crippen MR) is 57.2 cm³/mol. The minimum atomic E-state index is 0.405. The molecule has 4 heteroatoms. The number of hydrogen-bond acceptors (Lipinski definition) is 3. The first-order chi connectivity index (χ1) is 6.31. The summed E-state index contributed by atoms with van der Waals surface area (Å²) in [6.45, 7) is 0. The van der Waals surface area contributed by atoms with Gasteiger partial charge < -0.3 is 9.47 Å². The van der Waals surface area contributed by atoms with Gasteiger partial charge in [0.1, 0.15) is 3.57 Å². The van der Waals surface area contributed by atoms with Crippen LogP contribution in [-0.2, 0) is 0 Å². The van der Waals surface area contributed by atoms with Gasteiger partial charge in [0.05, 0.1) is 25.6 Å². The van der Waals surface area contributed by atoms with Gasteiger partial charge >= 0.3 is 0 Å². The van der Waals surface area contributed by atoms with E-state index in [0.29, 0.717) is 6.10 Å². The first-order valence-corrected chi connectivity index (χ1v) is 5.23. The third-order valence-electron chi connectivity index (χ3n) is 1.85. The van der Waals surface area contributed by atoms with Crippen molar-refractivity contribution in [2.75, 3.05) is 7.11 Å². The largest absolute Gasteiger partial charge is 0.494 e. The third-order valence-corrected chi connectivity index (χ3v) is 2.92. The van der Waals surface area contributed by atoms with E-state index >= 15 is 0 Å². The van der Waals surface area contributed by atoms with E-state index in [1.165, 1.54) is 0 Å². The highest BCUT2D eigenvalue weighted by molar-refractivity contribution is 14.1. The molecule has 13 heavy (non-hydrogen) atoms. The average molecular weight is 291 g/mol. The molecule has 1 aliphatic carbocycles. The average Bonchev–Trinajstić information content (AvgIpc) is 2.92. The van der Waals surface area contributed by atoms with Crippen molar-refractivity contribution in [3.05, 3.63) is 16.0 Å². The van der Waals surface area contributed by atoms with E-state index in [9.17, 15) is 0 Å². The molecule has 1 aromatic rings. The zero-order valence-corrected chi connectivity index (χ0v) is 9.45. The van der Waals surface area contributed by atoms with Crippen LogP contribution in [0.1, 0.15) is 12.8 Å². The van der Waals surface area contributed by atoms with Gasteiger partial charge in [-0.15, -0.1) is 0 Å². The molecule has 0 N–H and O–H groups in total. The molecule has 0 radical (unpaired) electrons. The van der Waals surface area contributed by atoms with Gasteiger partial charge in [-0.25, -0.2) is 0 Å². The molecule has 0 unspecified atom stereocenters. The first kappa shape index (κ1) is 9.05. The van der Waals surface area contributed by atoms with Crippen LogP contribution in [0.25, 0.3) is 0 Å². The Hall–Kier alpha value is -0.520. The fraction of sp³-hybridized carbons (Fsp3) is 0.444. The van der Waals surface area contributed by atoms with E-state index in [1.54, 1.807) is 19.5 Å². The second-order valence-electron chi connectivity index (χ2n) is 2.97. The van der Waals surface area contributed by atoms with Crippen molar-refractivity contribution in [2.24, 2.45) is 0 Å². The second-order valence-corrected chi connectivity index (χ2v) is 4.05. The lowest BCUT2D eigenvalue weighted by molar-refractivity contribution is 0.296.